The number of hydrogen-bond donors (Lipinski definition) is 2. The van der Waals surface area contributed by atoms with Crippen LogP contribution < -0.4 is 5.32 Å². The van der Waals surface area contributed by atoms with Gasteiger partial charge in [0.1, 0.15) is 5.75 Å². The fraction of sp³-hybridized carbons (Fsp3) is 0.133. The second-order valence-electron chi connectivity index (χ2n) is 4.29. The highest BCUT2D eigenvalue weighted by Crippen LogP contribution is 2.28. The van der Waals surface area contributed by atoms with Gasteiger partial charge in [0.05, 0.1) is 22.2 Å². The van der Waals surface area contributed by atoms with Gasteiger partial charge in [0.25, 0.3) is 0 Å². The lowest BCUT2D eigenvalue weighted by Crippen LogP contribution is -2.05. The Morgan fingerprint density at radius 3 is 2.86 bits per heavy atom. The Labute approximate surface area is 135 Å². The van der Waals surface area contributed by atoms with Crippen molar-refractivity contribution in [2.75, 3.05) is 12.4 Å². The Hall–Kier alpha value is -1.72. The lowest BCUT2D eigenvalue weighted by molar-refractivity contribution is 0.0601. The lowest BCUT2D eigenvalue weighted by Gasteiger charge is -2.11. The standard InChI is InChI=1S/C15H13BrClNO3/c1-21-15(20)11-7-10(5-6-13(11)17)18-8-9-3-2-4-12(16)14(9)19/h2-7,18-19H,8H2,1H3. The number of phenols is 1. The lowest BCUT2D eigenvalue weighted by atomic mass is 10.1. The molecule has 0 radical (unpaired) electrons. The number of para-hydroxylation sites is 1. The Morgan fingerprint density at radius 2 is 2.14 bits per heavy atom. The van der Waals surface area contributed by atoms with E-state index in [0.717, 1.165) is 5.56 Å². The third-order valence-corrected chi connectivity index (χ3v) is 3.89. The molecule has 0 aliphatic heterocycles. The van der Waals surface area contributed by atoms with Crippen LogP contribution in [0, 0.1) is 0 Å². The van der Waals surface area contributed by atoms with Gasteiger partial charge in [-0.2, -0.15) is 0 Å². The van der Waals surface area contributed by atoms with Crippen molar-refractivity contribution in [3.63, 3.8) is 0 Å². The minimum Gasteiger partial charge on any atom is -0.506 e. The zero-order chi connectivity index (χ0) is 15.4. The summed E-state index contributed by atoms with van der Waals surface area (Å²) in [6.07, 6.45) is 0. The molecular formula is C15H13BrClNO3. The van der Waals surface area contributed by atoms with Crippen molar-refractivity contribution in [1.82, 2.24) is 0 Å². The maximum absolute atomic E-state index is 11.6. The van der Waals surface area contributed by atoms with E-state index in [-0.39, 0.29) is 5.75 Å². The maximum atomic E-state index is 11.6. The van der Waals surface area contributed by atoms with Crippen molar-refractivity contribution in [1.29, 1.82) is 0 Å². The summed E-state index contributed by atoms with van der Waals surface area (Å²) in [4.78, 5) is 11.6. The summed E-state index contributed by atoms with van der Waals surface area (Å²) in [6, 6.07) is 10.4. The zero-order valence-electron chi connectivity index (χ0n) is 11.2. The number of ether oxygens (including phenoxy) is 1. The van der Waals surface area contributed by atoms with Crippen LogP contribution in [0.5, 0.6) is 5.75 Å². The normalized spacial score (nSPS) is 10.2. The van der Waals surface area contributed by atoms with Crippen LogP contribution in [0.1, 0.15) is 15.9 Å². The molecule has 0 heterocycles. The minimum atomic E-state index is -0.492. The fourth-order valence-corrected chi connectivity index (χ4v) is 2.40. The van der Waals surface area contributed by atoms with Crippen molar-refractivity contribution in [2.24, 2.45) is 0 Å². The van der Waals surface area contributed by atoms with Crippen molar-refractivity contribution in [2.45, 2.75) is 6.54 Å². The fourth-order valence-electron chi connectivity index (χ4n) is 1.80. The first-order chi connectivity index (χ1) is 10.0. The third kappa shape index (κ3) is 3.68. The zero-order valence-corrected chi connectivity index (χ0v) is 13.5. The number of rotatable bonds is 4. The SMILES string of the molecule is COC(=O)c1cc(NCc2cccc(Br)c2O)ccc1Cl. The molecule has 0 spiro atoms. The van der Waals surface area contributed by atoms with Crippen LogP contribution in [0.15, 0.2) is 40.9 Å². The van der Waals surface area contributed by atoms with E-state index in [2.05, 4.69) is 26.0 Å². The predicted octanol–water partition coefficient (Wildman–Crippen LogP) is 4.21. The molecule has 21 heavy (non-hydrogen) atoms. The number of anilines is 1. The summed E-state index contributed by atoms with van der Waals surface area (Å²) >= 11 is 9.22. The number of halogens is 2. The molecule has 0 aliphatic rings. The third-order valence-electron chi connectivity index (χ3n) is 2.92. The number of methoxy groups -OCH3 is 1. The second kappa shape index (κ2) is 6.83. The summed E-state index contributed by atoms with van der Waals surface area (Å²) < 4.78 is 5.30. The number of nitrogens with one attached hydrogen (secondary N) is 1. The average Bonchev–Trinajstić information content (AvgIpc) is 2.49. The molecule has 2 rings (SSSR count). The van der Waals surface area contributed by atoms with Crippen LogP contribution in [0.4, 0.5) is 5.69 Å². The first-order valence-corrected chi connectivity index (χ1v) is 7.28. The number of benzene rings is 2. The second-order valence-corrected chi connectivity index (χ2v) is 5.55. The van der Waals surface area contributed by atoms with Crippen molar-refractivity contribution >= 4 is 39.2 Å². The van der Waals surface area contributed by atoms with Crippen molar-refractivity contribution in [3.8, 4) is 5.75 Å². The van der Waals surface area contributed by atoms with Crippen molar-refractivity contribution in [3.05, 3.63) is 57.0 Å². The molecule has 0 amide bonds. The van der Waals surface area contributed by atoms with Gasteiger partial charge in [-0.3, -0.25) is 0 Å². The smallest absolute Gasteiger partial charge is 0.339 e. The van der Waals surface area contributed by atoms with Gasteiger partial charge in [-0.1, -0.05) is 23.7 Å². The highest BCUT2D eigenvalue weighted by atomic mass is 79.9. The minimum absolute atomic E-state index is 0.187. The van der Waals surface area contributed by atoms with Crippen LogP contribution in [-0.2, 0) is 11.3 Å². The van der Waals surface area contributed by atoms with Gasteiger partial charge in [0, 0.05) is 17.8 Å². The van der Waals surface area contributed by atoms with Gasteiger partial charge >= 0.3 is 5.97 Å². The van der Waals surface area contributed by atoms with E-state index >= 15 is 0 Å². The molecule has 0 bridgehead atoms. The molecule has 0 fully saturated rings. The molecule has 2 aromatic carbocycles. The number of aromatic hydroxyl groups is 1. The van der Waals surface area contributed by atoms with Gasteiger partial charge in [-0.25, -0.2) is 4.79 Å². The van der Waals surface area contributed by atoms with E-state index in [1.54, 1.807) is 24.3 Å². The van der Waals surface area contributed by atoms with Crippen LogP contribution >= 0.6 is 27.5 Å². The number of phenolic OH excluding ortho intramolecular Hbond substituents is 1. The molecular weight excluding hydrogens is 358 g/mol. The Balaban J connectivity index is 2.17. The van der Waals surface area contributed by atoms with Crippen LogP contribution in [-0.4, -0.2) is 18.2 Å². The summed E-state index contributed by atoms with van der Waals surface area (Å²) in [6.45, 7) is 0.410. The van der Waals surface area contributed by atoms with Crippen LogP contribution in [0.3, 0.4) is 0 Å². The van der Waals surface area contributed by atoms with Crippen molar-refractivity contribution < 1.29 is 14.6 Å². The van der Waals surface area contributed by atoms with E-state index in [0.29, 0.717) is 27.3 Å². The molecule has 2 aromatic rings. The van der Waals surface area contributed by atoms with Gasteiger partial charge < -0.3 is 15.2 Å². The number of carbonyl (C=O) groups is 1. The summed E-state index contributed by atoms with van der Waals surface area (Å²) in [7, 11) is 1.30. The molecule has 4 nitrogen and oxygen atoms in total. The molecule has 0 aromatic heterocycles. The number of hydrogen-bond acceptors (Lipinski definition) is 4. The first kappa shape index (κ1) is 15.7. The van der Waals surface area contributed by atoms with Gasteiger partial charge in [0.2, 0.25) is 0 Å². The van der Waals surface area contributed by atoms with Crippen LogP contribution in [0.25, 0.3) is 0 Å². The molecule has 0 aliphatic carbocycles. The molecule has 0 saturated heterocycles. The quantitative estimate of drug-likeness (QED) is 0.792. The van der Waals surface area contributed by atoms with Gasteiger partial charge in [-0.15, -0.1) is 0 Å². The maximum Gasteiger partial charge on any atom is 0.339 e. The van der Waals surface area contributed by atoms with E-state index < -0.39 is 5.97 Å². The van der Waals surface area contributed by atoms with E-state index in [9.17, 15) is 9.90 Å². The molecule has 110 valence electrons. The monoisotopic (exact) mass is 369 g/mol. The molecule has 0 atom stereocenters. The molecule has 2 N–H and O–H groups in total. The van der Waals surface area contributed by atoms with Gasteiger partial charge in [-0.05, 0) is 40.2 Å². The summed E-state index contributed by atoms with van der Waals surface area (Å²) in [5.41, 5.74) is 1.74. The van der Waals surface area contributed by atoms with Gasteiger partial charge in [0.15, 0.2) is 0 Å². The highest BCUT2D eigenvalue weighted by molar-refractivity contribution is 9.10. The predicted molar refractivity (Wildman–Crippen MR) is 85.9 cm³/mol. The topological polar surface area (TPSA) is 58.6 Å². The highest BCUT2D eigenvalue weighted by Gasteiger charge is 2.11. The Kier molecular flexibility index (Phi) is 5.09. The summed E-state index contributed by atoms with van der Waals surface area (Å²) in [5.74, 6) is -0.305. The largest absolute Gasteiger partial charge is 0.506 e. The Morgan fingerprint density at radius 1 is 1.38 bits per heavy atom. The molecule has 0 unspecified atom stereocenters. The molecule has 6 heteroatoms. The van der Waals surface area contributed by atoms with E-state index in [1.165, 1.54) is 7.11 Å². The molecule has 0 saturated carbocycles. The average molecular weight is 371 g/mol. The van der Waals surface area contributed by atoms with Crippen LogP contribution in [0.2, 0.25) is 5.02 Å². The van der Waals surface area contributed by atoms with E-state index in [1.807, 2.05) is 12.1 Å². The first-order valence-electron chi connectivity index (χ1n) is 6.11. The Bertz CT molecular complexity index is 676. The number of carbonyl (C=O) groups excluding carboxylic acids is 1. The summed E-state index contributed by atoms with van der Waals surface area (Å²) in [5, 5.41) is 13.4. The number of esters is 1. The van der Waals surface area contributed by atoms with E-state index in [4.69, 9.17) is 11.6 Å².